The molecule has 10 heavy (non-hydrogen) atoms. The van der Waals surface area contributed by atoms with E-state index in [-0.39, 0.29) is 12.0 Å². The monoisotopic (exact) mass is 163 g/mol. The van der Waals surface area contributed by atoms with Crippen molar-refractivity contribution in [3.63, 3.8) is 0 Å². The topological polar surface area (TPSA) is 52.3 Å². The lowest BCUT2D eigenvalue weighted by molar-refractivity contribution is -0.141. The minimum absolute atomic E-state index is 0.0288. The zero-order valence-electron chi connectivity index (χ0n) is 6.29. The largest absolute Gasteiger partial charge is 0.464 e. The van der Waals surface area contributed by atoms with Gasteiger partial charge in [-0.05, 0) is 6.26 Å². The van der Waals surface area contributed by atoms with Gasteiger partial charge < -0.3 is 10.5 Å². The predicted molar refractivity (Wildman–Crippen MR) is 43.0 cm³/mol. The summed E-state index contributed by atoms with van der Waals surface area (Å²) in [5.41, 5.74) is 5.53. The highest BCUT2D eigenvalue weighted by Gasteiger charge is 2.02. The Labute approximate surface area is 65.3 Å². The summed E-state index contributed by atoms with van der Waals surface area (Å²) < 4.78 is 4.68. The molecule has 0 amide bonds. The molecule has 3 nitrogen and oxygen atoms in total. The van der Waals surface area contributed by atoms with E-state index in [1.165, 1.54) is 6.92 Å². The van der Waals surface area contributed by atoms with Gasteiger partial charge in [-0.2, -0.15) is 11.8 Å². The molecule has 4 heteroatoms. The van der Waals surface area contributed by atoms with Crippen molar-refractivity contribution in [1.82, 2.24) is 0 Å². The van der Waals surface area contributed by atoms with Gasteiger partial charge in [0.2, 0.25) is 0 Å². The van der Waals surface area contributed by atoms with Gasteiger partial charge in [0, 0.05) is 18.7 Å². The molecular weight excluding hydrogens is 150 g/mol. The summed E-state index contributed by atoms with van der Waals surface area (Å²) in [6.07, 6.45) is 1.97. The molecule has 1 unspecified atom stereocenters. The molecule has 0 fully saturated rings. The van der Waals surface area contributed by atoms with Crippen LogP contribution in [0.3, 0.4) is 0 Å². The van der Waals surface area contributed by atoms with E-state index in [0.29, 0.717) is 6.61 Å². The molecule has 1 atom stereocenters. The summed E-state index contributed by atoms with van der Waals surface area (Å²) in [6, 6.07) is -0.0288. The van der Waals surface area contributed by atoms with Crippen LogP contribution in [0.1, 0.15) is 6.92 Å². The van der Waals surface area contributed by atoms with Crippen LogP contribution in [0.25, 0.3) is 0 Å². The molecule has 0 saturated heterocycles. The molecule has 0 heterocycles. The second kappa shape index (κ2) is 5.56. The third-order valence-electron chi connectivity index (χ3n) is 0.881. The van der Waals surface area contributed by atoms with Crippen LogP contribution in [0, 0.1) is 0 Å². The van der Waals surface area contributed by atoms with E-state index in [2.05, 4.69) is 4.74 Å². The molecule has 0 aromatic carbocycles. The fraction of sp³-hybridized carbons (Fsp3) is 0.833. The second-order valence-electron chi connectivity index (χ2n) is 2.02. The van der Waals surface area contributed by atoms with E-state index in [9.17, 15) is 4.79 Å². The van der Waals surface area contributed by atoms with Crippen LogP contribution in [0.4, 0.5) is 0 Å². The summed E-state index contributed by atoms with van der Waals surface area (Å²) >= 11 is 1.65. The third kappa shape index (κ3) is 5.91. The van der Waals surface area contributed by atoms with Crippen LogP contribution in [0.5, 0.6) is 0 Å². The van der Waals surface area contributed by atoms with E-state index in [0.717, 1.165) is 5.75 Å². The van der Waals surface area contributed by atoms with Crippen LogP contribution >= 0.6 is 11.8 Å². The normalized spacial score (nSPS) is 12.7. The van der Waals surface area contributed by atoms with Gasteiger partial charge in [-0.15, -0.1) is 0 Å². The summed E-state index contributed by atoms with van der Waals surface area (Å²) in [6.45, 7) is 1.71. The van der Waals surface area contributed by atoms with Crippen molar-refractivity contribution in [3.8, 4) is 0 Å². The Hall–Kier alpha value is -0.220. The molecule has 0 aliphatic carbocycles. The summed E-state index contributed by atoms with van der Waals surface area (Å²) in [5, 5.41) is 0. The first-order valence-electron chi connectivity index (χ1n) is 3.04. The molecular formula is C6H13NO2S. The van der Waals surface area contributed by atoms with E-state index in [1.54, 1.807) is 11.8 Å². The number of nitrogens with two attached hydrogens (primary N) is 1. The highest BCUT2D eigenvalue weighted by atomic mass is 32.2. The highest BCUT2D eigenvalue weighted by molar-refractivity contribution is 7.98. The van der Waals surface area contributed by atoms with E-state index < -0.39 is 0 Å². The maximum absolute atomic E-state index is 10.3. The van der Waals surface area contributed by atoms with Crippen molar-refractivity contribution in [2.45, 2.75) is 13.0 Å². The SMILES string of the molecule is CSCC(N)COC(C)=O. The molecule has 0 spiro atoms. The standard InChI is InChI=1S/C6H13NO2S/c1-5(8)9-3-6(7)4-10-2/h6H,3-4,7H2,1-2H3. The number of rotatable bonds is 4. The smallest absolute Gasteiger partial charge is 0.302 e. The van der Waals surface area contributed by atoms with Gasteiger partial charge in [0.05, 0.1) is 0 Å². The first-order valence-corrected chi connectivity index (χ1v) is 4.44. The summed E-state index contributed by atoms with van der Waals surface area (Å²) in [7, 11) is 0. The number of esters is 1. The summed E-state index contributed by atoms with van der Waals surface area (Å²) in [5.74, 6) is 0.560. The average Bonchev–Trinajstić information content (AvgIpc) is 1.85. The van der Waals surface area contributed by atoms with Crippen LogP contribution in [-0.2, 0) is 9.53 Å². The Bertz CT molecular complexity index is 108. The van der Waals surface area contributed by atoms with Gasteiger partial charge in [0.15, 0.2) is 0 Å². The average molecular weight is 163 g/mol. The van der Waals surface area contributed by atoms with Gasteiger partial charge in [-0.1, -0.05) is 0 Å². The maximum Gasteiger partial charge on any atom is 0.302 e. The van der Waals surface area contributed by atoms with Crippen molar-refractivity contribution < 1.29 is 9.53 Å². The lowest BCUT2D eigenvalue weighted by atomic mass is 10.4. The number of ether oxygens (including phenoxy) is 1. The van der Waals surface area contributed by atoms with Gasteiger partial charge >= 0.3 is 5.97 Å². The van der Waals surface area contributed by atoms with Gasteiger partial charge in [-0.25, -0.2) is 0 Å². The number of thioether (sulfide) groups is 1. The molecule has 0 bridgehead atoms. The van der Waals surface area contributed by atoms with Crippen molar-refractivity contribution in [2.24, 2.45) is 5.73 Å². The van der Waals surface area contributed by atoms with Crippen LogP contribution < -0.4 is 5.73 Å². The first-order chi connectivity index (χ1) is 4.66. The predicted octanol–water partition coefficient (Wildman–Crippen LogP) is 0.240. The lowest BCUT2D eigenvalue weighted by Crippen LogP contribution is -2.29. The Morgan fingerprint density at radius 2 is 2.40 bits per heavy atom. The quantitative estimate of drug-likeness (QED) is 0.603. The zero-order valence-corrected chi connectivity index (χ0v) is 7.11. The fourth-order valence-electron chi connectivity index (χ4n) is 0.487. The van der Waals surface area contributed by atoms with E-state index in [1.807, 2.05) is 6.26 Å². The van der Waals surface area contributed by atoms with E-state index >= 15 is 0 Å². The van der Waals surface area contributed by atoms with Crippen LogP contribution in [0.2, 0.25) is 0 Å². The number of hydrogen-bond acceptors (Lipinski definition) is 4. The first kappa shape index (κ1) is 9.78. The second-order valence-corrected chi connectivity index (χ2v) is 2.93. The van der Waals surface area contributed by atoms with Gasteiger partial charge in [0.1, 0.15) is 6.61 Å². The fourth-order valence-corrected chi connectivity index (χ4v) is 1.01. The Balaban J connectivity index is 3.21. The Morgan fingerprint density at radius 1 is 1.80 bits per heavy atom. The highest BCUT2D eigenvalue weighted by Crippen LogP contribution is 1.94. The zero-order chi connectivity index (χ0) is 7.98. The molecule has 0 saturated carbocycles. The Morgan fingerprint density at radius 3 is 2.80 bits per heavy atom. The lowest BCUT2D eigenvalue weighted by Gasteiger charge is -2.08. The molecule has 0 aliphatic heterocycles. The Kier molecular flexibility index (Phi) is 5.43. The minimum atomic E-state index is -0.267. The molecule has 0 rings (SSSR count). The van der Waals surface area contributed by atoms with Gasteiger partial charge in [0.25, 0.3) is 0 Å². The van der Waals surface area contributed by atoms with Crippen LogP contribution in [-0.4, -0.2) is 30.6 Å². The van der Waals surface area contributed by atoms with Crippen molar-refractivity contribution in [1.29, 1.82) is 0 Å². The maximum atomic E-state index is 10.3. The van der Waals surface area contributed by atoms with E-state index in [4.69, 9.17) is 5.73 Å². The molecule has 0 aromatic heterocycles. The van der Waals surface area contributed by atoms with Gasteiger partial charge in [-0.3, -0.25) is 4.79 Å². The number of hydrogen-bond donors (Lipinski definition) is 1. The van der Waals surface area contributed by atoms with Crippen molar-refractivity contribution in [2.75, 3.05) is 18.6 Å². The molecule has 0 aromatic rings. The molecule has 2 N–H and O–H groups in total. The summed E-state index contributed by atoms with van der Waals surface area (Å²) in [4.78, 5) is 10.3. The van der Waals surface area contributed by atoms with Crippen molar-refractivity contribution >= 4 is 17.7 Å². The third-order valence-corrected chi connectivity index (χ3v) is 1.64. The number of carbonyl (C=O) groups excluding carboxylic acids is 1. The molecule has 0 aliphatic rings. The molecule has 60 valence electrons. The number of carbonyl (C=O) groups is 1. The van der Waals surface area contributed by atoms with Crippen molar-refractivity contribution in [3.05, 3.63) is 0 Å². The molecule has 0 radical (unpaired) electrons. The van der Waals surface area contributed by atoms with Crippen LogP contribution in [0.15, 0.2) is 0 Å². The minimum Gasteiger partial charge on any atom is -0.464 e.